The van der Waals surface area contributed by atoms with Crippen LogP contribution in [0, 0.1) is 0 Å². The van der Waals surface area contributed by atoms with Crippen LogP contribution in [0.5, 0.6) is 0 Å². The van der Waals surface area contributed by atoms with Crippen molar-refractivity contribution in [2.45, 2.75) is 64.2 Å². The minimum absolute atomic E-state index is 0. The normalized spacial score (nSPS) is 13.5. The summed E-state index contributed by atoms with van der Waals surface area (Å²) in [5.74, 6) is 0. The summed E-state index contributed by atoms with van der Waals surface area (Å²) in [7, 11) is 0. The summed E-state index contributed by atoms with van der Waals surface area (Å²) in [6, 6.07) is 174. The standard InChI is InChI=1S/C68H47BrN2.C56H43BrN2.2CH4/c69-52-43-57(70(53-31-15-5-16-32-53)55-39-41-65-61(46-55)59-35-19-21-37-63(59)67(65,48-23-7-1-8-24-48)49-25-9-2-10-26-49)45-58(44-52)71(54-33-17-6-18-34-54)56-40-42-66-62(47-56)60-36-20-22-38-64(60)68(66,50-27-11-3-12-28-50)51-29-13-4-14-30-51;1-55(2)49-23-11-9-21-45(49)47-29-27-39(34-51(47)55)58(53-25-13-17-36-15-5-7-19-43(36)53)41-31-38(57)32-42(33-41)59(54-26-14-18-37-16-6-8-20-44(37)54)40-28-30-48-46-22-10-12-24-50(46)56(3,4)52(48)35-40;;/h1-47H;5-35H,1-4H3;2*1H4. The van der Waals surface area contributed by atoms with Crippen LogP contribution in [0.1, 0.15) is 109 Å². The first-order valence-electron chi connectivity index (χ1n) is 44.9. The zero-order valence-electron chi connectivity index (χ0n) is 72.6. The van der Waals surface area contributed by atoms with Gasteiger partial charge in [0.2, 0.25) is 0 Å². The summed E-state index contributed by atoms with van der Waals surface area (Å²) in [5, 5.41) is 4.81. The minimum Gasteiger partial charge on any atom is -0.310 e. The predicted octanol–water partition coefficient (Wildman–Crippen LogP) is 35.7. The second-order valence-corrected chi connectivity index (χ2v) is 37.5. The van der Waals surface area contributed by atoms with Crippen LogP contribution in [-0.4, -0.2) is 0 Å². The molecule has 24 rings (SSSR count). The molecule has 0 bridgehead atoms. The van der Waals surface area contributed by atoms with Gasteiger partial charge in [-0.1, -0.05) is 426 Å². The molecule has 0 N–H and O–H groups in total. The van der Waals surface area contributed by atoms with Crippen molar-refractivity contribution in [3.63, 3.8) is 0 Å². The maximum Gasteiger partial charge on any atom is 0.0713 e. The molecule has 0 heterocycles. The Balaban J connectivity index is 0.000000159. The topological polar surface area (TPSA) is 13.0 Å². The highest BCUT2D eigenvalue weighted by atomic mass is 79.9. The van der Waals surface area contributed by atoms with Gasteiger partial charge in [0.25, 0.3) is 0 Å². The van der Waals surface area contributed by atoms with Crippen molar-refractivity contribution in [2.24, 2.45) is 0 Å². The van der Waals surface area contributed by atoms with E-state index in [1.54, 1.807) is 0 Å². The molecule has 0 spiro atoms. The second kappa shape index (κ2) is 33.9. The Hall–Kier alpha value is -14.9. The van der Waals surface area contributed by atoms with Crippen LogP contribution >= 0.6 is 31.9 Å². The highest BCUT2D eigenvalue weighted by molar-refractivity contribution is 9.10. The van der Waals surface area contributed by atoms with Gasteiger partial charge in [-0.05, 0) is 243 Å². The lowest BCUT2D eigenvalue weighted by Crippen LogP contribution is -2.28. The van der Waals surface area contributed by atoms with Gasteiger partial charge >= 0.3 is 0 Å². The van der Waals surface area contributed by atoms with E-state index in [1.807, 2.05) is 0 Å². The quantitative estimate of drug-likeness (QED) is 0.0956. The van der Waals surface area contributed by atoms with E-state index in [-0.39, 0.29) is 25.7 Å². The summed E-state index contributed by atoms with van der Waals surface area (Å²) in [6.45, 7) is 9.44. The second-order valence-electron chi connectivity index (χ2n) is 35.7. The summed E-state index contributed by atoms with van der Waals surface area (Å²) >= 11 is 8.12. The van der Waals surface area contributed by atoms with E-state index in [2.05, 4.69) is 552 Å². The monoisotopic (exact) mass is 1820 g/mol. The van der Waals surface area contributed by atoms with E-state index in [1.165, 1.54) is 133 Å². The van der Waals surface area contributed by atoms with Gasteiger partial charge in [0, 0.05) is 87.4 Å². The Bertz CT molecular complexity index is 7240. The third kappa shape index (κ3) is 13.7. The van der Waals surface area contributed by atoms with Gasteiger partial charge in [-0.2, -0.15) is 0 Å². The highest BCUT2D eigenvalue weighted by Crippen LogP contribution is 2.62. The van der Waals surface area contributed by atoms with Gasteiger partial charge in [-0.15, -0.1) is 0 Å². The van der Waals surface area contributed by atoms with E-state index in [0.29, 0.717) is 0 Å². The van der Waals surface area contributed by atoms with Crippen LogP contribution in [0.4, 0.5) is 68.2 Å². The van der Waals surface area contributed by atoms with Crippen LogP contribution in [-0.2, 0) is 21.7 Å². The van der Waals surface area contributed by atoms with Crippen LogP contribution in [0.2, 0.25) is 0 Å². The molecule has 0 unspecified atom stereocenters. The number of hydrogen-bond acceptors (Lipinski definition) is 4. The zero-order valence-corrected chi connectivity index (χ0v) is 75.8. The molecule has 0 radical (unpaired) electrons. The van der Waals surface area contributed by atoms with Crippen LogP contribution in [0.15, 0.2) is 482 Å². The summed E-state index contributed by atoms with van der Waals surface area (Å²) in [5.41, 5.74) is 37.6. The Morgan fingerprint density at radius 3 is 0.788 bits per heavy atom. The number of nitrogens with zero attached hydrogens (tertiary/aromatic N) is 4. The van der Waals surface area contributed by atoms with Crippen molar-refractivity contribution in [1.82, 2.24) is 0 Å². The van der Waals surface area contributed by atoms with E-state index in [4.69, 9.17) is 0 Å². The highest BCUT2D eigenvalue weighted by Gasteiger charge is 2.49. The molecule has 0 saturated carbocycles. The number of anilines is 12. The van der Waals surface area contributed by atoms with Crippen molar-refractivity contribution < 1.29 is 0 Å². The van der Waals surface area contributed by atoms with Gasteiger partial charge in [0.15, 0.2) is 0 Å². The average Bonchev–Trinajstić information content (AvgIpc) is 1.54. The lowest BCUT2D eigenvalue weighted by molar-refractivity contribution is 0.660. The lowest BCUT2D eigenvalue weighted by atomic mass is 9.68. The summed E-state index contributed by atoms with van der Waals surface area (Å²) in [6.07, 6.45) is 0. The van der Waals surface area contributed by atoms with E-state index >= 15 is 0 Å². The Morgan fingerprint density at radius 1 is 0.174 bits per heavy atom. The fourth-order valence-corrected chi connectivity index (χ4v) is 23.1. The first-order valence-corrected chi connectivity index (χ1v) is 46.5. The molecule has 0 aromatic heterocycles. The molecule has 4 aliphatic carbocycles. The number of hydrogen-bond donors (Lipinski definition) is 0. The summed E-state index contributed by atoms with van der Waals surface area (Å²) < 4.78 is 1.98. The Morgan fingerprint density at radius 2 is 0.432 bits per heavy atom. The third-order valence-corrected chi connectivity index (χ3v) is 28.8. The zero-order chi connectivity index (χ0) is 87.4. The largest absolute Gasteiger partial charge is 0.310 e. The molecule has 4 aliphatic rings. The molecule has 0 fully saturated rings. The van der Waals surface area contributed by atoms with Gasteiger partial charge in [0.05, 0.1) is 22.2 Å². The lowest BCUT2D eigenvalue weighted by Gasteiger charge is -2.34. The molecule has 0 atom stereocenters. The SMILES string of the molecule is Brc1cc(N(c2ccccc2)c2ccc3c(c2)-c2ccccc2C3(c2ccccc2)c2ccccc2)cc(N(c2ccccc2)c2ccc3c(c2)-c2ccccc2C3(c2ccccc2)c2ccccc2)c1.C.C.CC1(C)c2ccccc2-c2ccc(N(c3cc(Br)cc(N(c4ccc5c(c4)C(C)(C)c4ccccc4-5)c4cccc5ccccc45)c3)c3cccc4ccccc34)cc21. The van der Waals surface area contributed by atoms with Gasteiger partial charge < -0.3 is 19.6 Å². The van der Waals surface area contributed by atoms with Crippen LogP contribution in [0.25, 0.3) is 66.1 Å². The average molecular weight is 1830 g/mol. The Kier molecular flexibility index (Phi) is 21.5. The number of fused-ring (bicyclic) bond motifs is 14. The molecular weight excluding hydrogens is 1730 g/mol. The molecule has 6 heteroatoms. The number of rotatable bonds is 16. The van der Waals surface area contributed by atoms with Crippen molar-refractivity contribution >= 4 is 122 Å². The van der Waals surface area contributed by atoms with Crippen molar-refractivity contribution in [3.05, 3.63) is 549 Å². The maximum absolute atomic E-state index is 4.06. The maximum atomic E-state index is 4.06. The molecule has 132 heavy (non-hydrogen) atoms. The van der Waals surface area contributed by atoms with E-state index in [0.717, 1.165) is 77.2 Å². The van der Waals surface area contributed by atoms with Crippen LogP contribution in [0.3, 0.4) is 0 Å². The Labute approximate surface area is 792 Å². The molecule has 20 aromatic rings. The van der Waals surface area contributed by atoms with Crippen molar-refractivity contribution in [2.75, 3.05) is 19.6 Å². The molecule has 636 valence electrons. The molecule has 0 amide bonds. The van der Waals surface area contributed by atoms with Crippen molar-refractivity contribution in [3.8, 4) is 44.5 Å². The molecule has 0 aliphatic heterocycles. The smallest absolute Gasteiger partial charge is 0.0713 e. The number of para-hydroxylation sites is 2. The van der Waals surface area contributed by atoms with Gasteiger partial charge in [-0.25, -0.2) is 0 Å². The van der Waals surface area contributed by atoms with Crippen molar-refractivity contribution in [1.29, 1.82) is 0 Å². The van der Waals surface area contributed by atoms with E-state index < -0.39 is 10.8 Å². The predicted molar refractivity (Wildman–Crippen MR) is 565 cm³/mol. The third-order valence-electron chi connectivity index (χ3n) is 27.9. The fourth-order valence-electron chi connectivity index (χ4n) is 22.2. The van der Waals surface area contributed by atoms with Gasteiger partial charge in [0.1, 0.15) is 0 Å². The van der Waals surface area contributed by atoms with Crippen LogP contribution < -0.4 is 19.6 Å². The molecule has 0 saturated heterocycles. The van der Waals surface area contributed by atoms with E-state index in [9.17, 15) is 0 Å². The summed E-state index contributed by atoms with van der Waals surface area (Å²) in [4.78, 5) is 9.72. The van der Waals surface area contributed by atoms with Gasteiger partial charge in [-0.3, -0.25) is 0 Å². The fraction of sp³-hybridized carbons (Fsp3) is 0.0794. The molecular formula is C126H98Br2N4. The number of halogens is 2. The first-order chi connectivity index (χ1) is 63.8. The molecule has 4 nitrogen and oxygen atoms in total. The first kappa shape index (κ1) is 84.0. The number of benzene rings is 20. The molecule has 20 aromatic carbocycles. The minimum atomic E-state index is -0.484.